The van der Waals surface area contributed by atoms with Crippen molar-refractivity contribution in [1.82, 2.24) is 4.31 Å². The number of halogens is 1. The number of ether oxygens (including phenoxy) is 2. The van der Waals surface area contributed by atoms with Crippen molar-refractivity contribution in [2.24, 2.45) is 17.0 Å². The first-order chi connectivity index (χ1) is 22.3. The first kappa shape index (κ1) is 35.4. The number of nitrogens with two attached hydrogens (primary N) is 1. The van der Waals surface area contributed by atoms with Crippen molar-refractivity contribution in [3.63, 3.8) is 0 Å². The van der Waals surface area contributed by atoms with Crippen LogP contribution in [0.4, 0.5) is 5.69 Å². The lowest BCUT2D eigenvalue weighted by atomic mass is 9.68. The second kappa shape index (κ2) is 14.3. The number of aliphatic hydroxyl groups is 2. The Morgan fingerprint density at radius 3 is 2.74 bits per heavy atom. The summed E-state index contributed by atoms with van der Waals surface area (Å²) in [6.07, 6.45) is 8.13. The summed E-state index contributed by atoms with van der Waals surface area (Å²) in [6, 6.07) is 11.0. The predicted octanol–water partition coefficient (Wildman–Crippen LogP) is 4.22. The smallest absolute Gasteiger partial charge is 0.343 e. The first-order valence-corrected chi connectivity index (χ1v) is 18.0. The van der Waals surface area contributed by atoms with E-state index in [4.69, 9.17) is 26.2 Å². The highest BCUT2D eigenvalue weighted by Crippen LogP contribution is 2.47. The summed E-state index contributed by atoms with van der Waals surface area (Å²) in [6.45, 7) is 8.42. The van der Waals surface area contributed by atoms with E-state index in [2.05, 4.69) is 24.1 Å². The fraction of sp³-hybridized carbons (Fsp3) is 0.514. The number of hydrogen-bond acceptors (Lipinski definition) is 8. The van der Waals surface area contributed by atoms with Crippen LogP contribution in [0, 0.1) is 11.8 Å². The van der Waals surface area contributed by atoms with Gasteiger partial charge in [0.15, 0.2) is 0 Å². The summed E-state index contributed by atoms with van der Waals surface area (Å²) < 4.78 is 37.7. The van der Waals surface area contributed by atoms with Gasteiger partial charge in [-0.3, -0.25) is 0 Å². The lowest BCUT2D eigenvalue weighted by Crippen LogP contribution is -2.51. The minimum Gasteiger partial charge on any atom is -0.490 e. The molecule has 5 rings (SSSR count). The van der Waals surface area contributed by atoms with Crippen LogP contribution in [0.5, 0.6) is 5.75 Å². The van der Waals surface area contributed by atoms with Crippen molar-refractivity contribution >= 4 is 33.5 Å². The Hall–Kier alpha value is -2.93. The van der Waals surface area contributed by atoms with Gasteiger partial charge < -0.3 is 24.6 Å². The second-order valence-corrected chi connectivity index (χ2v) is 15.2. The largest absolute Gasteiger partial charge is 0.490 e. The van der Waals surface area contributed by atoms with Crippen LogP contribution in [0.1, 0.15) is 55.2 Å². The van der Waals surface area contributed by atoms with Gasteiger partial charge in [-0.25, -0.2) is 9.93 Å². The van der Waals surface area contributed by atoms with Crippen LogP contribution in [-0.2, 0) is 37.2 Å². The fourth-order valence-electron chi connectivity index (χ4n) is 7.51. The van der Waals surface area contributed by atoms with Crippen LogP contribution in [-0.4, -0.2) is 74.9 Å². The molecule has 3 aliphatic rings. The van der Waals surface area contributed by atoms with Gasteiger partial charge in [-0.1, -0.05) is 35.9 Å². The highest BCUT2D eigenvalue weighted by Gasteiger charge is 2.47. The Bertz CT molecular complexity index is 1600. The number of unbranched alkanes of at least 4 members (excludes halogenated alkanes) is 1. The lowest BCUT2D eigenvalue weighted by Gasteiger charge is -2.45. The Morgan fingerprint density at radius 2 is 2.09 bits per heavy atom. The van der Waals surface area contributed by atoms with Gasteiger partial charge in [0.1, 0.15) is 5.75 Å². The van der Waals surface area contributed by atoms with Gasteiger partial charge in [0.25, 0.3) is 10.2 Å². The molecule has 256 valence electrons. The Morgan fingerprint density at radius 1 is 1.30 bits per heavy atom. The van der Waals surface area contributed by atoms with Gasteiger partial charge in [-0.15, -0.1) is 13.2 Å². The fourth-order valence-corrected chi connectivity index (χ4v) is 8.45. The molecular formula is C35H46ClN3O7S. The maximum atomic E-state index is 13.3. The van der Waals surface area contributed by atoms with E-state index in [1.54, 1.807) is 30.4 Å². The van der Waals surface area contributed by atoms with E-state index in [0.29, 0.717) is 49.0 Å². The average Bonchev–Trinajstić information content (AvgIpc) is 3.18. The molecule has 4 N–H and O–H groups in total. The normalized spacial score (nSPS) is 24.2. The molecular weight excluding hydrogens is 642 g/mol. The number of carbonyl (C=O) groups is 1. The summed E-state index contributed by atoms with van der Waals surface area (Å²) in [7, 11) is -3.14. The van der Waals surface area contributed by atoms with Crippen LogP contribution >= 0.6 is 11.6 Å². The molecule has 12 heteroatoms. The number of anilines is 1. The molecule has 0 unspecified atom stereocenters. The number of esters is 1. The lowest BCUT2D eigenvalue weighted by molar-refractivity contribution is -0.164. The number of carbonyl (C=O) groups excluding carboxylic acids is 1. The number of rotatable bonds is 13. The Labute approximate surface area is 283 Å². The number of allylic oxidation sites excluding steroid dienone is 1. The van der Waals surface area contributed by atoms with Crippen molar-refractivity contribution in [1.29, 1.82) is 0 Å². The molecule has 1 fully saturated rings. The standard InChI is InChI=1S/C35H46ClN3O7S/c1-4-6-7-17-39(47(37,43)44)22-35(42,33(41)45-3)26-11-15-32-30(19-26)38(20-25-10-13-28(25)31(40)5-2)21-34(23-46-32)16-8-9-24-18-27(36)12-14-29(24)34/h4-5,11-12,14-15,18-19,25,28,31,40,42H,1-2,6-10,13,16-17,20-23H2,3H3,(H2,37,43,44)/t25-,28+,31-,34-,35+/m0/s1. The zero-order chi connectivity index (χ0) is 34.0. The molecule has 2 aliphatic carbocycles. The molecule has 0 saturated heterocycles. The Balaban J connectivity index is 1.58. The minimum absolute atomic E-state index is 0.0228. The summed E-state index contributed by atoms with van der Waals surface area (Å²) in [5.74, 6) is -0.209. The van der Waals surface area contributed by atoms with Gasteiger partial charge in [0.2, 0.25) is 5.60 Å². The molecule has 5 atom stereocenters. The van der Waals surface area contributed by atoms with Gasteiger partial charge in [0, 0.05) is 30.1 Å². The number of benzene rings is 2. The van der Waals surface area contributed by atoms with E-state index < -0.39 is 34.4 Å². The maximum absolute atomic E-state index is 13.3. The molecule has 0 amide bonds. The van der Waals surface area contributed by atoms with Crippen molar-refractivity contribution < 1.29 is 32.9 Å². The summed E-state index contributed by atoms with van der Waals surface area (Å²) in [4.78, 5) is 15.5. The molecule has 0 bridgehead atoms. The van der Waals surface area contributed by atoms with Crippen molar-refractivity contribution in [2.75, 3.05) is 44.8 Å². The molecule has 10 nitrogen and oxygen atoms in total. The van der Waals surface area contributed by atoms with Crippen molar-refractivity contribution in [3.05, 3.63) is 83.4 Å². The van der Waals surface area contributed by atoms with E-state index in [1.807, 2.05) is 12.1 Å². The molecule has 1 heterocycles. The van der Waals surface area contributed by atoms with E-state index in [1.165, 1.54) is 11.1 Å². The Kier molecular flexibility index (Phi) is 10.7. The van der Waals surface area contributed by atoms with E-state index in [9.17, 15) is 23.4 Å². The molecule has 0 aromatic heterocycles. The van der Waals surface area contributed by atoms with Crippen LogP contribution in [0.25, 0.3) is 0 Å². The number of fused-ring (bicyclic) bond motifs is 3. The van der Waals surface area contributed by atoms with Crippen LogP contribution in [0.2, 0.25) is 5.02 Å². The maximum Gasteiger partial charge on any atom is 0.343 e. The minimum atomic E-state index is -4.29. The van der Waals surface area contributed by atoms with Gasteiger partial charge >= 0.3 is 5.97 Å². The zero-order valence-corrected chi connectivity index (χ0v) is 28.5. The quantitative estimate of drug-likeness (QED) is 0.162. The van der Waals surface area contributed by atoms with Crippen molar-refractivity contribution in [3.8, 4) is 5.75 Å². The number of methoxy groups -OCH3 is 1. The molecule has 1 spiro atoms. The second-order valence-electron chi connectivity index (χ2n) is 13.2. The van der Waals surface area contributed by atoms with Crippen molar-refractivity contribution in [2.45, 2.75) is 62.1 Å². The van der Waals surface area contributed by atoms with Crippen LogP contribution in [0.3, 0.4) is 0 Å². The predicted molar refractivity (Wildman–Crippen MR) is 183 cm³/mol. The van der Waals surface area contributed by atoms with Crippen LogP contribution in [0.15, 0.2) is 61.7 Å². The summed E-state index contributed by atoms with van der Waals surface area (Å²) in [5, 5.41) is 28.9. The molecule has 2 aromatic carbocycles. The first-order valence-electron chi connectivity index (χ1n) is 16.2. The number of hydrogen-bond donors (Lipinski definition) is 3. The van der Waals surface area contributed by atoms with E-state index >= 15 is 0 Å². The van der Waals surface area contributed by atoms with Gasteiger partial charge in [0.05, 0.1) is 32.1 Å². The van der Waals surface area contributed by atoms with Gasteiger partial charge in [-0.2, -0.15) is 12.7 Å². The summed E-state index contributed by atoms with van der Waals surface area (Å²) >= 11 is 6.40. The molecule has 1 aliphatic heterocycles. The number of aliphatic hydroxyl groups excluding tert-OH is 1. The molecule has 0 radical (unpaired) electrons. The zero-order valence-electron chi connectivity index (χ0n) is 26.9. The van der Waals surface area contributed by atoms with E-state index in [0.717, 1.165) is 43.5 Å². The van der Waals surface area contributed by atoms with Crippen LogP contribution < -0.4 is 14.8 Å². The summed E-state index contributed by atoms with van der Waals surface area (Å²) in [5.41, 5.74) is 0.472. The molecule has 1 saturated carbocycles. The number of aryl methyl sites for hydroxylation is 1. The third kappa shape index (κ3) is 7.25. The third-order valence-corrected chi connectivity index (χ3v) is 11.5. The number of nitrogens with zero attached hydrogens (tertiary/aromatic N) is 2. The highest BCUT2D eigenvalue weighted by atomic mass is 35.5. The van der Waals surface area contributed by atoms with E-state index in [-0.39, 0.29) is 29.4 Å². The molecule has 47 heavy (non-hydrogen) atoms. The third-order valence-electron chi connectivity index (χ3n) is 10.2. The average molecular weight is 688 g/mol. The molecule has 2 aromatic rings. The highest BCUT2D eigenvalue weighted by molar-refractivity contribution is 7.86. The van der Waals surface area contributed by atoms with Gasteiger partial charge in [-0.05, 0) is 97.7 Å². The SMILES string of the molecule is C=CCCCN(C[C@](O)(C(=O)OC)c1ccc2c(c1)N(C[C@@H]1CC[C@H]1[C@@H](O)C=C)C[C@@]1(CCCc3cc(Cl)ccc31)CO2)S(N)(=O)=O. The topological polar surface area (TPSA) is 143 Å². The monoisotopic (exact) mass is 687 g/mol.